The molecule has 182 valence electrons. The van der Waals surface area contributed by atoms with Crippen LogP contribution in [-0.4, -0.2) is 51.4 Å². The lowest BCUT2D eigenvalue weighted by atomic mass is 10.1. The van der Waals surface area contributed by atoms with E-state index < -0.39 is 33.1 Å². The molecule has 34 heavy (non-hydrogen) atoms. The van der Waals surface area contributed by atoms with Gasteiger partial charge in [0.1, 0.15) is 5.75 Å². The van der Waals surface area contributed by atoms with Crippen LogP contribution in [0.25, 0.3) is 11.3 Å². The third-order valence-electron chi connectivity index (χ3n) is 4.71. The highest BCUT2D eigenvalue weighted by Gasteiger charge is 2.34. The van der Waals surface area contributed by atoms with Gasteiger partial charge in [0, 0.05) is 37.2 Å². The summed E-state index contributed by atoms with van der Waals surface area (Å²) in [6, 6.07) is 5.64. The zero-order valence-corrected chi connectivity index (χ0v) is 18.8. The minimum atomic E-state index is -5.01. The molecule has 1 N–H and O–H groups in total. The van der Waals surface area contributed by atoms with Gasteiger partial charge in [-0.25, -0.2) is 22.5 Å². The molecule has 1 aromatic carbocycles. The summed E-state index contributed by atoms with van der Waals surface area (Å²) in [6.45, 7) is 1.88. The van der Waals surface area contributed by atoms with Gasteiger partial charge in [-0.1, -0.05) is 19.4 Å². The Bertz CT molecular complexity index is 1230. The molecule has 0 unspecified atom stereocenters. The van der Waals surface area contributed by atoms with Gasteiger partial charge in [0.25, 0.3) is 10.0 Å². The molecule has 0 aliphatic carbocycles. The summed E-state index contributed by atoms with van der Waals surface area (Å²) in [5, 5.41) is 9.47. The number of pyridine rings is 1. The van der Waals surface area contributed by atoms with Gasteiger partial charge in [0.2, 0.25) is 0 Å². The molecular formula is C21H21F3N4O5S. The van der Waals surface area contributed by atoms with Crippen molar-refractivity contribution in [2.75, 3.05) is 6.54 Å². The number of carboxylic acid groups (broad SMARTS) is 1. The van der Waals surface area contributed by atoms with Crippen molar-refractivity contribution < 1.29 is 36.2 Å². The largest absolute Gasteiger partial charge is 0.573 e. The Balaban J connectivity index is 2.07. The highest BCUT2D eigenvalue weighted by atomic mass is 32.2. The van der Waals surface area contributed by atoms with Crippen LogP contribution in [-0.2, 0) is 16.6 Å². The van der Waals surface area contributed by atoms with Gasteiger partial charge in [-0.2, -0.15) is 0 Å². The second-order valence-electron chi connectivity index (χ2n) is 7.21. The molecule has 0 aliphatic heterocycles. The predicted molar refractivity (Wildman–Crippen MR) is 115 cm³/mol. The monoisotopic (exact) mass is 498 g/mol. The molecule has 0 radical (unpaired) electrons. The number of hydrogen-bond donors (Lipinski definition) is 1. The van der Waals surface area contributed by atoms with Crippen LogP contribution < -0.4 is 4.74 Å². The topological polar surface area (TPSA) is 115 Å². The molecule has 2 aromatic heterocycles. The summed E-state index contributed by atoms with van der Waals surface area (Å²) in [7, 11) is -4.62. The molecule has 3 aromatic rings. The Hall–Kier alpha value is -3.61. The standard InChI is InChI=1S/C21H21F3N4O5S/c1-2-3-9-28(20(29)30)34(31,32)19-7-5-16(33-21(22,23)24)11-17(19)18-6-4-15(12-26-18)13-27-10-8-25-14-27/h4-8,10-12,14H,2-3,9,13H2,1H3,(H,29,30). The number of hydrogen-bond acceptors (Lipinski definition) is 6. The van der Waals surface area contributed by atoms with Crippen molar-refractivity contribution in [1.82, 2.24) is 18.8 Å². The molecule has 9 nitrogen and oxygen atoms in total. The van der Waals surface area contributed by atoms with E-state index >= 15 is 0 Å². The maximum atomic E-state index is 13.2. The Kier molecular flexibility index (Phi) is 7.44. The molecule has 0 saturated carbocycles. The number of unbranched alkanes of at least 4 members (excludes halogenated alkanes) is 1. The first-order chi connectivity index (χ1) is 16.0. The van der Waals surface area contributed by atoms with E-state index in [1.54, 1.807) is 36.3 Å². The number of amides is 1. The third-order valence-corrected chi connectivity index (χ3v) is 6.54. The van der Waals surface area contributed by atoms with Crippen LogP contribution in [0.4, 0.5) is 18.0 Å². The van der Waals surface area contributed by atoms with Crippen LogP contribution in [0, 0.1) is 0 Å². The Labute approximate surface area is 193 Å². The van der Waals surface area contributed by atoms with Crippen LogP contribution in [0.2, 0.25) is 0 Å². The fraction of sp³-hybridized carbons (Fsp3) is 0.286. The summed E-state index contributed by atoms with van der Waals surface area (Å²) >= 11 is 0. The minimum absolute atomic E-state index is 0.0291. The van der Waals surface area contributed by atoms with Crippen molar-refractivity contribution in [2.24, 2.45) is 0 Å². The van der Waals surface area contributed by atoms with Crippen LogP contribution in [0.1, 0.15) is 25.3 Å². The molecule has 0 fully saturated rings. The van der Waals surface area contributed by atoms with Gasteiger partial charge in [-0.3, -0.25) is 4.98 Å². The number of halogens is 3. The van der Waals surface area contributed by atoms with E-state index in [0.717, 1.165) is 23.8 Å². The number of sulfonamides is 1. The average molecular weight is 498 g/mol. The Morgan fingerprint density at radius 2 is 2.00 bits per heavy atom. The molecule has 0 atom stereocenters. The van der Waals surface area contributed by atoms with Gasteiger partial charge in [-0.15, -0.1) is 13.2 Å². The number of rotatable bonds is 9. The lowest BCUT2D eigenvalue weighted by Gasteiger charge is -2.21. The van der Waals surface area contributed by atoms with E-state index in [-0.39, 0.29) is 28.5 Å². The van der Waals surface area contributed by atoms with E-state index in [1.807, 2.05) is 0 Å². The van der Waals surface area contributed by atoms with Gasteiger partial charge >= 0.3 is 12.5 Å². The summed E-state index contributed by atoms with van der Waals surface area (Å²) in [4.78, 5) is 19.3. The van der Waals surface area contributed by atoms with E-state index in [0.29, 0.717) is 13.0 Å². The fourth-order valence-electron chi connectivity index (χ4n) is 3.14. The van der Waals surface area contributed by atoms with Gasteiger partial charge < -0.3 is 14.4 Å². The third kappa shape index (κ3) is 6.04. The van der Waals surface area contributed by atoms with Crippen molar-refractivity contribution in [3.63, 3.8) is 0 Å². The van der Waals surface area contributed by atoms with E-state index in [9.17, 15) is 31.5 Å². The van der Waals surface area contributed by atoms with Crippen LogP contribution in [0.3, 0.4) is 0 Å². The molecule has 13 heteroatoms. The highest BCUT2D eigenvalue weighted by molar-refractivity contribution is 7.89. The average Bonchev–Trinajstić information content (AvgIpc) is 3.26. The number of alkyl halides is 3. The first-order valence-corrected chi connectivity index (χ1v) is 11.5. The number of ether oxygens (including phenoxy) is 1. The van der Waals surface area contributed by atoms with E-state index in [2.05, 4.69) is 14.7 Å². The van der Waals surface area contributed by atoms with E-state index in [1.165, 1.54) is 12.3 Å². The zero-order valence-electron chi connectivity index (χ0n) is 17.9. The highest BCUT2D eigenvalue weighted by Crippen LogP contribution is 2.34. The number of carbonyl (C=O) groups is 1. The summed E-state index contributed by atoms with van der Waals surface area (Å²) in [5.41, 5.74) is 0.532. The molecule has 0 aliphatic rings. The van der Waals surface area contributed by atoms with Crippen molar-refractivity contribution in [1.29, 1.82) is 0 Å². The molecule has 2 heterocycles. The smallest absolute Gasteiger partial charge is 0.464 e. The van der Waals surface area contributed by atoms with Crippen molar-refractivity contribution in [2.45, 2.75) is 37.6 Å². The van der Waals surface area contributed by atoms with Crippen LogP contribution >= 0.6 is 0 Å². The second-order valence-corrected chi connectivity index (χ2v) is 9.04. The van der Waals surface area contributed by atoms with Crippen molar-refractivity contribution in [3.8, 4) is 17.0 Å². The summed E-state index contributed by atoms with van der Waals surface area (Å²) in [5.74, 6) is -0.666. The zero-order chi connectivity index (χ0) is 24.9. The van der Waals surface area contributed by atoms with Crippen LogP contribution in [0.15, 0.2) is 60.1 Å². The van der Waals surface area contributed by atoms with Gasteiger partial charge in [-0.05, 0) is 36.2 Å². The minimum Gasteiger partial charge on any atom is -0.464 e. The second kappa shape index (κ2) is 10.1. The Morgan fingerprint density at radius 1 is 1.24 bits per heavy atom. The summed E-state index contributed by atoms with van der Waals surface area (Å²) < 4.78 is 70.7. The van der Waals surface area contributed by atoms with E-state index in [4.69, 9.17) is 0 Å². The normalized spacial score (nSPS) is 11.9. The van der Waals surface area contributed by atoms with Crippen LogP contribution in [0.5, 0.6) is 5.75 Å². The molecule has 0 bridgehead atoms. The first kappa shape index (κ1) is 25.0. The maximum Gasteiger partial charge on any atom is 0.573 e. The first-order valence-electron chi connectivity index (χ1n) is 10.1. The van der Waals surface area contributed by atoms with Gasteiger partial charge in [0.05, 0.1) is 16.9 Å². The quantitative estimate of drug-likeness (QED) is 0.466. The number of benzene rings is 1. The molecule has 0 saturated heterocycles. The van der Waals surface area contributed by atoms with Crippen molar-refractivity contribution in [3.05, 3.63) is 60.8 Å². The SMILES string of the molecule is CCCCN(C(=O)O)S(=O)(=O)c1ccc(OC(F)(F)F)cc1-c1ccc(Cn2ccnc2)cn1. The number of aromatic nitrogens is 3. The lowest BCUT2D eigenvalue weighted by molar-refractivity contribution is -0.274. The van der Waals surface area contributed by atoms with Gasteiger partial charge in [0.15, 0.2) is 0 Å². The fourth-order valence-corrected chi connectivity index (χ4v) is 4.63. The molecule has 0 spiro atoms. The maximum absolute atomic E-state index is 13.2. The molecule has 3 rings (SSSR count). The molecule has 1 amide bonds. The number of nitrogens with zero attached hydrogens (tertiary/aromatic N) is 4. The lowest BCUT2D eigenvalue weighted by Crippen LogP contribution is -2.36. The predicted octanol–water partition coefficient (Wildman–Crippen LogP) is 4.36. The summed E-state index contributed by atoms with van der Waals surface area (Å²) in [6.07, 6.45) is 0.460. The Morgan fingerprint density at radius 3 is 2.56 bits per heavy atom. The molecular weight excluding hydrogens is 477 g/mol. The number of imidazole rings is 1. The van der Waals surface area contributed by atoms with Crippen molar-refractivity contribution >= 4 is 16.1 Å².